The van der Waals surface area contributed by atoms with Crippen LogP contribution in [0.5, 0.6) is 0 Å². The molecular formula is C12H16FN3O. The Kier molecular flexibility index (Phi) is 3.46. The third-order valence-electron chi connectivity index (χ3n) is 2.88. The second kappa shape index (κ2) is 5.03. The van der Waals surface area contributed by atoms with Crippen molar-refractivity contribution in [1.82, 2.24) is 4.90 Å². The number of benzene rings is 1. The molecule has 1 aromatic carbocycles. The Hall–Kier alpha value is -1.78. The van der Waals surface area contributed by atoms with Crippen LogP contribution in [0.2, 0.25) is 0 Å². The van der Waals surface area contributed by atoms with Gasteiger partial charge < -0.3 is 10.6 Å². The summed E-state index contributed by atoms with van der Waals surface area (Å²) in [7, 11) is 0. The minimum atomic E-state index is -0.392. The zero-order valence-corrected chi connectivity index (χ0v) is 9.60. The number of halogens is 1. The molecule has 1 aromatic rings. The van der Waals surface area contributed by atoms with Crippen LogP contribution in [0.1, 0.15) is 6.42 Å². The van der Waals surface area contributed by atoms with Gasteiger partial charge in [-0.1, -0.05) is 12.1 Å². The van der Waals surface area contributed by atoms with E-state index in [2.05, 4.69) is 0 Å². The van der Waals surface area contributed by atoms with E-state index in [4.69, 9.17) is 5.73 Å². The molecule has 0 aliphatic carbocycles. The number of hydrogen-bond donors (Lipinski definition) is 1. The Balaban J connectivity index is 2.10. The van der Waals surface area contributed by atoms with Crippen molar-refractivity contribution in [2.45, 2.75) is 6.42 Å². The minimum absolute atomic E-state index is 0.0867. The van der Waals surface area contributed by atoms with Crippen molar-refractivity contribution in [3.05, 3.63) is 24.3 Å². The van der Waals surface area contributed by atoms with Crippen molar-refractivity contribution in [2.75, 3.05) is 36.9 Å². The van der Waals surface area contributed by atoms with Crippen molar-refractivity contribution in [2.24, 2.45) is 0 Å². The Morgan fingerprint density at radius 1 is 1.29 bits per heavy atom. The first-order valence-corrected chi connectivity index (χ1v) is 5.71. The van der Waals surface area contributed by atoms with E-state index >= 15 is 0 Å². The number of nitrogens with zero attached hydrogens (tertiary/aromatic N) is 2. The van der Waals surface area contributed by atoms with Gasteiger partial charge in [0.1, 0.15) is 0 Å². The molecule has 1 saturated heterocycles. The lowest BCUT2D eigenvalue weighted by Gasteiger charge is -2.19. The van der Waals surface area contributed by atoms with E-state index in [1.165, 1.54) is 0 Å². The lowest BCUT2D eigenvalue weighted by molar-refractivity contribution is 0.218. The molecule has 0 radical (unpaired) electrons. The summed E-state index contributed by atoms with van der Waals surface area (Å²) in [5.41, 5.74) is 7.16. The molecule has 2 rings (SSSR count). The molecule has 4 nitrogen and oxygen atoms in total. The second-order valence-electron chi connectivity index (χ2n) is 4.02. The summed E-state index contributed by atoms with van der Waals surface area (Å²) in [5.74, 6) is 0. The zero-order valence-electron chi connectivity index (χ0n) is 9.60. The number of anilines is 2. The van der Waals surface area contributed by atoms with Gasteiger partial charge >= 0.3 is 6.03 Å². The molecule has 0 spiro atoms. The largest absolute Gasteiger partial charge is 0.397 e. The summed E-state index contributed by atoms with van der Waals surface area (Å²) in [6.45, 7) is 1.32. The summed E-state index contributed by atoms with van der Waals surface area (Å²) >= 11 is 0. The molecule has 17 heavy (non-hydrogen) atoms. The van der Waals surface area contributed by atoms with Gasteiger partial charge in [0, 0.05) is 19.6 Å². The molecule has 2 N–H and O–H groups in total. The number of carbonyl (C=O) groups excluding carboxylic acids is 1. The standard InChI is InChI=1S/C12H16FN3O/c13-6-3-7-15-8-9-16(12(15)17)11-5-2-1-4-10(11)14/h1-2,4-5H,3,6-9,14H2. The number of amides is 2. The Morgan fingerprint density at radius 2 is 2.06 bits per heavy atom. The maximum absolute atomic E-state index is 12.1. The van der Waals surface area contributed by atoms with Gasteiger partial charge in [-0.05, 0) is 18.6 Å². The molecule has 0 atom stereocenters. The third kappa shape index (κ3) is 2.33. The Morgan fingerprint density at radius 3 is 2.76 bits per heavy atom. The SMILES string of the molecule is Nc1ccccc1N1CCN(CCCF)C1=O. The van der Waals surface area contributed by atoms with Gasteiger partial charge in [-0.25, -0.2) is 4.79 Å². The number of nitrogen functional groups attached to an aromatic ring is 1. The van der Waals surface area contributed by atoms with Gasteiger partial charge in [0.05, 0.1) is 18.0 Å². The van der Waals surface area contributed by atoms with E-state index in [0.717, 1.165) is 5.69 Å². The lowest BCUT2D eigenvalue weighted by atomic mass is 10.2. The molecule has 5 heteroatoms. The van der Waals surface area contributed by atoms with E-state index in [0.29, 0.717) is 31.7 Å². The van der Waals surface area contributed by atoms with E-state index in [1.54, 1.807) is 15.9 Å². The Labute approximate surface area is 99.8 Å². The molecule has 1 aliphatic rings. The fourth-order valence-corrected chi connectivity index (χ4v) is 2.00. The topological polar surface area (TPSA) is 49.6 Å². The molecule has 92 valence electrons. The summed E-state index contributed by atoms with van der Waals surface area (Å²) in [4.78, 5) is 15.3. The predicted octanol–water partition coefficient (Wildman–Crippen LogP) is 1.87. The van der Waals surface area contributed by atoms with Crippen LogP contribution in [-0.2, 0) is 0 Å². The fraction of sp³-hybridized carbons (Fsp3) is 0.417. The first-order valence-electron chi connectivity index (χ1n) is 5.71. The molecule has 0 unspecified atom stereocenters. The highest BCUT2D eigenvalue weighted by Gasteiger charge is 2.29. The maximum atomic E-state index is 12.1. The monoisotopic (exact) mass is 237 g/mol. The van der Waals surface area contributed by atoms with Crippen LogP contribution >= 0.6 is 0 Å². The van der Waals surface area contributed by atoms with E-state index in [1.807, 2.05) is 18.2 Å². The number of hydrogen-bond acceptors (Lipinski definition) is 2. The summed E-state index contributed by atoms with van der Waals surface area (Å²) in [6.07, 6.45) is 0.393. The third-order valence-corrected chi connectivity index (χ3v) is 2.88. The predicted molar refractivity (Wildman–Crippen MR) is 65.8 cm³/mol. The smallest absolute Gasteiger partial charge is 0.324 e. The van der Waals surface area contributed by atoms with Crippen LogP contribution in [-0.4, -0.2) is 37.2 Å². The van der Waals surface area contributed by atoms with Crippen molar-refractivity contribution in [3.8, 4) is 0 Å². The number of urea groups is 1. The first-order chi connectivity index (χ1) is 8.24. The van der Waals surface area contributed by atoms with Crippen LogP contribution in [0.25, 0.3) is 0 Å². The highest BCUT2D eigenvalue weighted by Crippen LogP contribution is 2.26. The van der Waals surface area contributed by atoms with Gasteiger partial charge in [0.15, 0.2) is 0 Å². The molecule has 0 bridgehead atoms. The quantitative estimate of drug-likeness (QED) is 0.813. The average Bonchev–Trinajstić information content (AvgIpc) is 2.69. The van der Waals surface area contributed by atoms with Crippen molar-refractivity contribution in [1.29, 1.82) is 0 Å². The second-order valence-corrected chi connectivity index (χ2v) is 4.02. The molecule has 2 amide bonds. The van der Waals surface area contributed by atoms with Gasteiger partial charge in [-0.15, -0.1) is 0 Å². The molecule has 0 aromatic heterocycles. The highest BCUT2D eigenvalue weighted by molar-refractivity contribution is 5.97. The van der Waals surface area contributed by atoms with Gasteiger partial charge in [-0.2, -0.15) is 0 Å². The highest BCUT2D eigenvalue weighted by atomic mass is 19.1. The van der Waals surface area contributed by atoms with E-state index in [9.17, 15) is 9.18 Å². The first kappa shape index (κ1) is 11.7. The van der Waals surface area contributed by atoms with Gasteiger partial charge in [0.2, 0.25) is 0 Å². The summed E-state index contributed by atoms with van der Waals surface area (Å²) < 4.78 is 12.1. The van der Waals surface area contributed by atoms with Crippen LogP contribution in [0, 0.1) is 0 Å². The summed E-state index contributed by atoms with van der Waals surface area (Å²) in [6, 6.07) is 7.19. The van der Waals surface area contributed by atoms with Gasteiger partial charge in [0.25, 0.3) is 0 Å². The van der Waals surface area contributed by atoms with Crippen molar-refractivity contribution >= 4 is 17.4 Å². The van der Waals surface area contributed by atoms with Crippen molar-refractivity contribution < 1.29 is 9.18 Å². The van der Waals surface area contributed by atoms with Gasteiger partial charge in [-0.3, -0.25) is 9.29 Å². The minimum Gasteiger partial charge on any atom is -0.397 e. The maximum Gasteiger partial charge on any atom is 0.324 e. The van der Waals surface area contributed by atoms with Crippen LogP contribution in [0.15, 0.2) is 24.3 Å². The van der Waals surface area contributed by atoms with Crippen molar-refractivity contribution in [3.63, 3.8) is 0 Å². The Bertz CT molecular complexity index is 410. The molecule has 0 saturated carbocycles. The number of para-hydroxylation sites is 2. The number of nitrogens with two attached hydrogens (primary N) is 1. The fourth-order valence-electron chi connectivity index (χ4n) is 2.00. The number of carbonyl (C=O) groups is 1. The molecular weight excluding hydrogens is 221 g/mol. The normalized spacial score (nSPS) is 15.7. The zero-order chi connectivity index (χ0) is 12.3. The van der Waals surface area contributed by atoms with Crippen LogP contribution in [0.4, 0.5) is 20.6 Å². The van der Waals surface area contributed by atoms with Crippen LogP contribution < -0.4 is 10.6 Å². The molecule has 1 fully saturated rings. The number of alkyl halides is 1. The lowest BCUT2D eigenvalue weighted by Crippen LogP contribution is -2.32. The van der Waals surface area contributed by atoms with Crippen LogP contribution in [0.3, 0.4) is 0 Å². The van der Waals surface area contributed by atoms with E-state index in [-0.39, 0.29) is 6.03 Å². The summed E-state index contributed by atoms with van der Waals surface area (Å²) in [5, 5.41) is 0. The molecule has 1 heterocycles. The molecule has 1 aliphatic heterocycles. The van der Waals surface area contributed by atoms with E-state index < -0.39 is 6.67 Å². The number of rotatable bonds is 4. The average molecular weight is 237 g/mol.